The zero-order valence-electron chi connectivity index (χ0n) is 20.2. The summed E-state index contributed by atoms with van der Waals surface area (Å²) in [5.74, 6) is 0.726. The topological polar surface area (TPSA) is 111 Å². The molecule has 4 rings (SSSR count). The number of aryl methyl sites for hydroxylation is 1. The molecule has 3 atom stereocenters. The van der Waals surface area contributed by atoms with Gasteiger partial charge in [-0.15, -0.1) is 0 Å². The van der Waals surface area contributed by atoms with Crippen LogP contribution >= 0.6 is 0 Å². The van der Waals surface area contributed by atoms with Crippen LogP contribution in [-0.2, 0) is 16.0 Å². The third-order valence-electron chi connectivity index (χ3n) is 6.23. The van der Waals surface area contributed by atoms with Crippen molar-refractivity contribution in [1.29, 1.82) is 0 Å². The number of aliphatic hydroxyl groups excluding tert-OH is 1. The first kappa shape index (κ1) is 23.9. The molecule has 3 N–H and O–H groups in total. The summed E-state index contributed by atoms with van der Waals surface area (Å²) >= 11 is 0. The van der Waals surface area contributed by atoms with Gasteiger partial charge in [-0.05, 0) is 59.1 Å². The lowest BCUT2D eigenvalue weighted by Gasteiger charge is -2.45. The Kier molecular flexibility index (Phi) is 5.97. The van der Waals surface area contributed by atoms with E-state index in [0.29, 0.717) is 35.6 Å². The summed E-state index contributed by atoms with van der Waals surface area (Å²) < 4.78 is 17.5. The Morgan fingerprint density at radius 3 is 2.47 bits per heavy atom. The van der Waals surface area contributed by atoms with Crippen LogP contribution in [0.4, 0.5) is 10.5 Å². The summed E-state index contributed by atoms with van der Waals surface area (Å²) in [5, 5.41) is 10.8. The third-order valence-corrected chi connectivity index (χ3v) is 6.23. The van der Waals surface area contributed by atoms with Crippen molar-refractivity contribution in [2.75, 3.05) is 4.90 Å². The highest BCUT2D eigenvalue weighted by Gasteiger charge is 2.47. The van der Waals surface area contributed by atoms with Crippen LogP contribution in [0.5, 0.6) is 11.5 Å². The van der Waals surface area contributed by atoms with Gasteiger partial charge in [-0.3, -0.25) is 4.79 Å². The monoisotopic (exact) mass is 468 g/mol. The number of hydrogen-bond donors (Lipinski definition) is 2. The number of aliphatic hydroxyl groups is 1. The van der Waals surface area contributed by atoms with Gasteiger partial charge in [0, 0.05) is 17.2 Å². The van der Waals surface area contributed by atoms with Gasteiger partial charge in [0.15, 0.2) is 12.2 Å². The number of nitrogens with zero attached hydrogens (tertiary/aromatic N) is 1. The van der Waals surface area contributed by atoms with Gasteiger partial charge in [0.2, 0.25) is 0 Å². The molecule has 0 aliphatic carbocycles. The van der Waals surface area contributed by atoms with E-state index in [-0.39, 0.29) is 5.91 Å². The molecular weight excluding hydrogens is 436 g/mol. The molecule has 0 bridgehead atoms. The average molecular weight is 469 g/mol. The molecule has 0 saturated heterocycles. The zero-order chi connectivity index (χ0) is 24.8. The van der Waals surface area contributed by atoms with E-state index in [9.17, 15) is 14.7 Å². The Morgan fingerprint density at radius 1 is 1.18 bits per heavy atom. The van der Waals surface area contributed by atoms with Gasteiger partial charge in [0.25, 0.3) is 5.91 Å². The molecule has 0 saturated carbocycles. The van der Waals surface area contributed by atoms with E-state index in [1.165, 1.54) is 0 Å². The number of fused-ring (bicyclic) bond motifs is 2. The smallest absolute Gasteiger partial charge is 0.405 e. The van der Waals surface area contributed by atoms with Crippen molar-refractivity contribution in [3.05, 3.63) is 53.6 Å². The molecule has 2 aromatic carbocycles. The quantitative estimate of drug-likeness (QED) is 0.704. The van der Waals surface area contributed by atoms with E-state index in [0.717, 1.165) is 5.56 Å². The van der Waals surface area contributed by atoms with Crippen LogP contribution in [0.25, 0.3) is 0 Å². The molecule has 2 aliphatic rings. The highest BCUT2D eigenvalue weighted by molar-refractivity contribution is 6.01. The lowest BCUT2D eigenvalue weighted by Crippen LogP contribution is -2.55. The molecule has 2 aliphatic heterocycles. The number of hydrogen-bond acceptors (Lipinski definition) is 6. The first-order valence-electron chi connectivity index (χ1n) is 11.4. The second-order valence-corrected chi connectivity index (χ2v) is 10.3. The van der Waals surface area contributed by atoms with Crippen LogP contribution in [0.3, 0.4) is 0 Å². The minimum Gasteiger partial charge on any atom is -0.484 e. The van der Waals surface area contributed by atoms with Crippen molar-refractivity contribution in [3.63, 3.8) is 0 Å². The van der Waals surface area contributed by atoms with Gasteiger partial charge in [0.1, 0.15) is 23.2 Å². The summed E-state index contributed by atoms with van der Waals surface area (Å²) in [6.07, 6.45) is -2.69. The summed E-state index contributed by atoms with van der Waals surface area (Å²) in [7, 11) is 0. The molecule has 8 heteroatoms. The Balaban J connectivity index is 1.75. The second-order valence-electron chi connectivity index (χ2n) is 10.3. The molecule has 1 unspecified atom stereocenters. The van der Waals surface area contributed by atoms with E-state index in [1.54, 1.807) is 30.9 Å². The molecule has 0 fully saturated rings. The van der Waals surface area contributed by atoms with Crippen LogP contribution in [0.15, 0.2) is 42.5 Å². The number of primary amides is 1. The zero-order valence-corrected chi connectivity index (χ0v) is 20.2. The number of benzene rings is 2. The van der Waals surface area contributed by atoms with Crippen LogP contribution < -0.4 is 20.1 Å². The van der Waals surface area contributed by atoms with E-state index in [4.69, 9.17) is 19.9 Å². The molecule has 2 heterocycles. The van der Waals surface area contributed by atoms with Crippen LogP contribution in [0.2, 0.25) is 0 Å². The van der Waals surface area contributed by atoms with Crippen molar-refractivity contribution >= 4 is 17.7 Å². The predicted molar refractivity (Wildman–Crippen MR) is 127 cm³/mol. The first-order valence-corrected chi connectivity index (χ1v) is 11.4. The van der Waals surface area contributed by atoms with E-state index < -0.39 is 35.5 Å². The maximum absolute atomic E-state index is 13.5. The van der Waals surface area contributed by atoms with E-state index in [1.807, 2.05) is 51.1 Å². The van der Waals surface area contributed by atoms with Crippen molar-refractivity contribution in [2.24, 2.45) is 5.73 Å². The fourth-order valence-electron chi connectivity index (χ4n) is 4.56. The minimum atomic E-state index is -1.15. The number of nitrogens with two attached hydrogens (primary N) is 1. The lowest BCUT2D eigenvalue weighted by molar-refractivity contribution is -0.127. The van der Waals surface area contributed by atoms with Crippen molar-refractivity contribution in [1.82, 2.24) is 0 Å². The Bertz CT molecular complexity index is 1090. The molecular formula is C26H32N2O6. The third kappa shape index (κ3) is 4.42. The maximum atomic E-state index is 13.5. The van der Waals surface area contributed by atoms with Crippen molar-refractivity contribution in [2.45, 2.75) is 76.9 Å². The number of amides is 2. The Labute approximate surface area is 199 Å². The Hall–Kier alpha value is -3.26. The molecule has 0 radical (unpaired) electrons. The van der Waals surface area contributed by atoms with Crippen LogP contribution in [-0.4, -0.2) is 40.5 Å². The molecule has 182 valence electrons. The minimum absolute atomic E-state index is 0.129. The fourth-order valence-corrected chi connectivity index (χ4v) is 4.56. The SMILES string of the molecule is CC1(C)Oc2cc3c(cc2[C@H](OC(N)=O)[C@H]1O)OC(CCc1ccccc1)C(=O)N3C(C)(C)C. The molecule has 34 heavy (non-hydrogen) atoms. The number of carbonyl (C=O) groups is 2. The van der Waals surface area contributed by atoms with E-state index in [2.05, 4.69) is 0 Å². The summed E-state index contributed by atoms with van der Waals surface area (Å²) in [6, 6.07) is 13.3. The molecule has 0 aromatic heterocycles. The van der Waals surface area contributed by atoms with Crippen molar-refractivity contribution in [3.8, 4) is 11.5 Å². The highest BCUT2D eigenvalue weighted by Crippen LogP contribution is 2.49. The van der Waals surface area contributed by atoms with Gasteiger partial charge >= 0.3 is 6.09 Å². The van der Waals surface area contributed by atoms with Gasteiger partial charge < -0.3 is 30.0 Å². The number of ether oxygens (including phenoxy) is 3. The standard InChI is InChI=1S/C26H32N2O6/c1-25(2,3)28-17-14-19-16(21(33-24(27)31)22(29)26(4,5)34-19)13-20(17)32-18(23(28)30)12-11-15-9-7-6-8-10-15/h6-10,13-14,18,21-22,29H,11-12H2,1-5H3,(H2,27,31)/t18?,21-,22+/m0/s1. The summed E-state index contributed by atoms with van der Waals surface area (Å²) in [6.45, 7) is 9.27. The average Bonchev–Trinajstić information content (AvgIpc) is 2.74. The highest BCUT2D eigenvalue weighted by atomic mass is 16.6. The van der Waals surface area contributed by atoms with Crippen LogP contribution in [0.1, 0.15) is 58.3 Å². The summed E-state index contributed by atoms with van der Waals surface area (Å²) in [5.41, 5.74) is 5.83. The predicted octanol–water partition coefficient (Wildman–Crippen LogP) is 3.88. The van der Waals surface area contributed by atoms with E-state index >= 15 is 0 Å². The van der Waals surface area contributed by atoms with Crippen LogP contribution in [0, 0.1) is 0 Å². The number of anilines is 1. The van der Waals surface area contributed by atoms with Crippen molar-refractivity contribution < 1.29 is 28.9 Å². The van der Waals surface area contributed by atoms with Gasteiger partial charge in [-0.1, -0.05) is 30.3 Å². The normalized spacial score (nSPS) is 23.3. The molecule has 0 spiro atoms. The number of carbonyl (C=O) groups excluding carboxylic acids is 2. The number of rotatable bonds is 4. The maximum Gasteiger partial charge on any atom is 0.405 e. The fraction of sp³-hybridized carbons (Fsp3) is 0.462. The Morgan fingerprint density at radius 2 is 1.85 bits per heavy atom. The molecule has 2 amide bonds. The largest absolute Gasteiger partial charge is 0.484 e. The first-order chi connectivity index (χ1) is 15.9. The van der Waals surface area contributed by atoms with Gasteiger partial charge in [-0.25, -0.2) is 4.79 Å². The molecule has 8 nitrogen and oxygen atoms in total. The second kappa shape index (κ2) is 8.51. The van der Waals surface area contributed by atoms with Gasteiger partial charge in [0.05, 0.1) is 5.69 Å². The van der Waals surface area contributed by atoms with Gasteiger partial charge in [-0.2, -0.15) is 0 Å². The molecule has 2 aromatic rings. The summed E-state index contributed by atoms with van der Waals surface area (Å²) in [4.78, 5) is 26.9. The lowest BCUT2D eigenvalue weighted by atomic mass is 9.87.